The van der Waals surface area contributed by atoms with Gasteiger partial charge in [0.15, 0.2) is 9.84 Å². The van der Waals surface area contributed by atoms with Gasteiger partial charge in [0, 0.05) is 0 Å². The number of sulfone groups is 1. The van der Waals surface area contributed by atoms with E-state index in [0.717, 1.165) is 11.1 Å². The summed E-state index contributed by atoms with van der Waals surface area (Å²) in [7, 11) is -3.32. The van der Waals surface area contributed by atoms with Crippen LogP contribution in [0.2, 0.25) is 0 Å². The van der Waals surface area contributed by atoms with Gasteiger partial charge in [-0.2, -0.15) is 0 Å². The Morgan fingerprint density at radius 1 is 1.22 bits per heavy atom. The molecule has 0 fully saturated rings. The maximum absolute atomic E-state index is 12.5. The molecule has 96 valence electrons. The zero-order chi connectivity index (χ0) is 13.2. The van der Waals surface area contributed by atoms with Crippen molar-refractivity contribution in [2.75, 3.05) is 6.54 Å². The highest BCUT2D eigenvalue weighted by molar-refractivity contribution is 7.93. The van der Waals surface area contributed by atoms with Gasteiger partial charge in [-0.3, -0.25) is 0 Å². The minimum Gasteiger partial charge on any atom is -0.356 e. The fourth-order valence-corrected chi connectivity index (χ4v) is 4.72. The molecule has 0 amide bonds. The van der Waals surface area contributed by atoms with E-state index < -0.39 is 15.1 Å². The largest absolute Gasteiger partial charge is 0.356 e. The predicted octanol–water partition coefficient (Wildman–Crippen LogP) is 1.81. The summed E-state index contributed by atoms with van der Waals surface area (Å²) in [6.07, 6.45) is 0. The molecular formula is C13H16NO2S2+. The van der Waals surface area contributed by atoms with Crippen LogP contribution in [0, 0.1) is 6.92 Å². The Kier molecular flexibility index (Phi) is 3.85. The Bertz CT molecular complexity index is 601. The van der Waals surface area contributed by atoms with Gasteiger partial charge in [-0.15, -0.1) is 11.3 Å². The summed E-state index contributed by atoms with van der Waals surface area (Å²) < 4.78 is 25.4. The molecule has 1 aromatic carbocycles. The smallest absolute Gasteiger partial charge is 0.200 e. The van der Waals surface area contributed by atoms with Crippen LogP contribution in [0.25, 0.3) is 0 Å². The second-order valence-electron chi connectivity index (χ2n) is 4.17. The molecule has 2 aromatic rings. The molecule has 1 aromatic heterocycles. The van der Waals surface area contributed by atoms with Gasteiger partial charge in [0.1, 0.15) is 9.46 Å². The topological polar surface area (TPSA) is 61.8 Å². The van der Waals surface area contributed by atoms with Crippen molar-refractivity contribution in [3.05, 3.63) is 52.9 Å². The van der Waals surface area contributed by atoms with Crippen LogP contribution in [0.5, 0.6) is 0 Å². The van der Waals surface area contributed by atoms with Crippen molar-refractivity contribution >= 4 is 21.2 Å². The molecule has 2 rings (SSSR count). The van der Waals surface area contributed by atoms with Crippen LogP contribution in [0.15, 0.2) is 46.0 Å². The van der Waals surface area contributed by atoms with Gasteiger partial charge in [0.05, 0.1) is 6.54 Å². The quantitative estimate of drug-likeness (QED) is 0.929. The monoisotopic (exact) mass is 282 g/mol. The Morgan fingerprint density at radius 2 is 1.89 bits per heavy atom. The first-order chi connectivity index (χ1) is 8.55. The number of aryl methyl sites for hydroxylation is 1. The Hall–Kier alpha value is -1.17. The van der Waals surface area contributed by atoms with Crippen LogP contribution in [0.1, 0.15) is 16.4 Å². The van der Waals surface area contributed by atoms with E-state index in [1.165, 1.54) is 11.3 Å². The van der Waals surface area contributed by atoms with Crippen molar-refractivity contribution < 1.29 is 14.2 Å². The van der Waals surface area contributed by atoms with Crippen LogP contribution in [0.4, 0.5) is 0 Å². The molecule has 0 aliphatic rings. The third-order valence-corrected chi connectivity index (χ3v) is 6.46. The number of hydrogen-bond acceptors (Lipinski definition) is 3. The van der Waals surface area contributed by atoms with Crippen LogP contribution in [0.3, 0.4) is 0 Å². The van der Waals surface area contributed by atoms with Crippen molar-refractivity contribution in [1.82, 2.24) is 0 Å². The van der Waals surface area contributed by atoms with Crippen molar-refractivity contribution in [2.24, 2.45) is 0 Å². The summed E-state index contributed by atoms with van der Waals surface area (Å²) >= 11 is 1.26. The highest BCUT2D eigenvalue weighted by atomic mass is 32.2. The summed E-state index contributed by atoms with van der Waals surface area (Å²) in [5, 5.41) is 1.22. The Morgan fingerprint density at radius 3 is 2.39 bits per heavy atom. The molecule has 0 aliphatic heterocycles. The molecule has 1 atom stereocenters. The van der Waals surface area contributed by atoms with E-state index in [1.54, 1.807) is 17.5 Å². The van der Waals surface area contributed by atoms with Gasteiger partial charge in [-0.05, 0) is 23.9 Å². The fourth-order valence-electron chi connectivity index (χ4n) is 1.85. The number of hydrogen-bond donors (Lipinski definition) is 1. The zero-order valence-corrected chi connectivity index (χ0v) is 11.8. The van der Waals surface area contributed by atoms with E-state index in [4.69, 9.17) is 0 Å². The molecule has 0 saturated heterocycles. The molecule has 0 radical (unpaired) electrons. The molecule has 0 saturated carbocycles. The number of thiophene rings is 1. The van der Waals surface area contributed by atoms with Crippen molar-refractivity contribution in [1.29, 1.82) is 0 Å². The first-order valence-electron chi connectivity index (χ1n) is 5.69. The summed E-state index contributed by atoms with van der Waals surface area (Å²) in [4.78, 5) is 0. The van der Waals surface area contributed by atoms with Crippen LogP contribution in [-0.2, 0) is 9.84 Å². The standard InChI is InChI=1S/C13H15NO2S2/c1-10-4-6-11(7-5-10)12(9-14)18(15,16)13-3-2-8-17-13/h2-8,12H,9,14H2,1H3/p+1/t12-/m1/s1. The third kappa shape index (κ3) is 2.48. The lowest BCUT2D eigenvalue weighted by Gasteiger charge is -2.13. The summed E-state index contributed by atoms with van der Waals surface area (Å²) in [6, 6.07) is 11.0. The fraction of sp³-hybridized carbons (Fsp3) is 0.231. The van der Waals surface area contributed by atoms with Gasteiger partial charge in [0.2, 0.25) is 0 Å². The average molecular weight is 282 g/mol. The summed E-state index contributed by atoms with van der Waals surface area (Å²) in [5.41, 5.74) is 5.72. The minimum atomic E-state index is -3.32. The summed E-state index contributed by atoms with van der Waals surface area (Å²) in [5.74, 6) is 0. The van der Waals surface area contributed by atoms with Crippen LogP contribution < -0.4 is 5.73 Å². The molecule has 1 heterocycles. The number of benzene rings is 1. The lowest BCUT2D eigenvalue weighted by Crippen LogP contribution is -2.54. The van der Waals surface area contributed by atoms with Gasteiger partial charge < -0.3 is 5.73 Å². The molecule has 0 bridgehead atoms. The van der Waals surface area contributed by atoms with Crippen molar-refractivity contribution in [3.8, 4) is 0 Å². The van der Waals surface area contributed by atoms with E-state index in [2.05, 4.69) is 5.73 Å². The second-order valence-corrected chi connectivity index (χ2v) is 7.47. The lowest BCUT2D eigenvalue weighted by atomic mass is 10.1. The van der Waals surface area contributed by atoms with Gasteiger partial charge in [-0.1, -0.05) is 35.9 Å². The van der Waals surface area contributed by atoms with Gasteiger partial charge in [0.25, 0.3) is 0 Å². The Balaban J connectivity index is 2.43. The first kappa shape index (κ1) is 13.3. The van der Waals surface area contributed by atoms with Crippen LogP contribution in [-0.4, -0.2) is 15.0 Å². The lowest BCUT2D eigenvalue weighted by molar-refractivity contribution is -0.367. The van der Waals surface area contributed by atoms with Gasteiger partial charge in [-0.25, -0.2) is 8.42 Å². The zero-order valence-electron chi connectivity index (χ0n) is 10.2. The maximum atomic E-state index is 12.5. The molecule has 18 heavy (non-hydrogen) atoms. The number of quaternary nitrogens is 1. The van der Waals surface area contributed by atoms with Gasteiger partial charge >= 0.3 is 0 Å². The second kappa shape index (κ2) is 5.22. The first-order valence-corrected chi connectivity index (χ1v) is 8.11. The van der Waals surface area contributed by atoms with Crippen LogP contribution >= 0.6 is 11.3 Å². The Labute approximate surface area is 111 Å². The van der Waals surface area contributed by atoms with E-state index in [9.17, 15) is 8.42 Å². The van der Waals surface area contributed by atoms with E-state index in [1.807, 2.05) is 31.2 Å². The molecule has 3 N–H and O–H groups in total. The third-order valence-electron chi connectivity index (χ3n) is 2.86. The SMILES string of the molecule is Cc1ccc([C@@H](C[NH3+])S(=O)(=O)c2cccs2)cc1. The highest BCUT2D eigenvalue weighted by Gasteiger charge is 2.30. The average Bonchev–Trinajstić information content (AvgIpc) is 2.86. The predicted molar refractivity (Wildman–Crippen MR) is 73.2 cm³/mol. The van der Waals surface area contributed by atoms with E-state index in [-0.39, 0.29) is 0 Å². The van der Waals surface area contributed by atoms with E-state index >= 15 is 0 Å². The van der Waals surface area contributed by atoms with Crippen molar-refractivity contribution in [3.63, 3.8) is 0 Å². The molecular weight excluding hydrogens is 266 g/mol. The molecule has 0 aliphatic carbocycles. The number of rotatable bonds is 4. The van der Waals surface area contributed by atoms with E-state index in [0.29, 0.717) is 10.8 Å². The molecule has 0 spiro atoms. The molecule has 3 nitrogen and oxygen atoms in total. The normalized spacial score (nSPS) is 13.4. The summed E-state index contributed by atoms with van der Waals surface area (Å²) in [6.45, 7) is 2.32. The highest BCUT2D eigenvalue weighted by Crippen LogP contribution is 2.30. The maximum Gasteiger partial charge on any atom is 0.200 e. The minimum absolute atomic E-state index is 0.337. The molecule has 0 unspecified atom stereocenters. The molecule has 5 heteroatoms. The van der Waals surface area contributed by atoms with Crippen molar-refractivity contribution in [2.45, 2.75) is 16.4 Å².